The number of nitrogens with zero attached hydrogens (tertiary/aromatic N) is 2. The van der Waals surface area contributed by atoms with Crippen LogP contribution in [0.4, 0.5) is 5.69 Å². The number of aromatic hydroxyl groups is 2. The number of nitro benzene ring substituents is 1. The molecule has 0 saturated carbocycles. The lowest BCUT2D eigenvalue weighted by atomic mass is 10.1. The summed E-state index contributed by atoms with van der Waals surface area (Å²) in [6, 6.07) is 8.99. The van der Waals surface area contributed by atoms with Crippen LogP contribution in [0.3, 0.4) is 0 Å². The lowest BCUT2D eigenvalue weighted by Crippen LogP contribution is -2.19. The molecule has 1 amide bonds. The van der Waals surface area contributed by atoms with Gasteiger partial charge in [-0.3, -0.25) is 14.9 Å². The Kier molecular flexibility index (Phi) is 4.55. The van der Waals surface area contributed by atoms with Gasteiger partial charge in [0.05, 0.1) is 10.6 Å². The number of hydrazone groups is 1. The van der Waals surface area contributed by atoms with E-state index in [-0.39, 0.29) is 34.0 Å². The summed E-state index contributed by atoms with van der Waals surface area (Å²) in [6.07, 6.45) is 0. The summed E-state index contributed by atoms with van der Waals surface area (Å²) in [6.45, 7) is 1.55. The zero-order valence-corrected chi connectivity index (χ0v) is 12.1. The number of phenols is 2. The van der Waals surface area contributed by atoms with Crippen molar-refractivity contribution < 1.29 is 19.9 Å². The van der Waals surface area contributed by atoms with Crippen molar-refractivity contribution in [3.8, 4) is 11.5 Å². The molecule has 0 aliphatic rings. The molecule has 0 spiro atoms. The fourth-order valence-electron chi connectivity index (χ4n) is 1.81. The third-order valence-corrected chi connectivity index (χ3v) is 3.04. The van der Waals surface area contributed by atoms with Crippen LogP contribution in [0.2, 0.25) is 0 Å². The SMILES string of the molecule is C/C(=N\NC(=O)c1ccc([N+](=O)[O-])cc1)c1cc(O)ccc1O. The maximum Gasteiger partial charge on any atom is 0.271 e. The molecule has 0 aliphatic heterocycles. The van der Waals surface area contributed by atoms with E-state index < -0.39 is 10.8 Å². The average Bonchev–Trinajstić information content (AvgIpc) is 2.54. The first-order chi connectivity index (χ1) is 10.9. The Labute approximate surface area is 130 Å². The van der Waals surface area contributed by atoms with E-state index in [1.165, 1.54) is 42.5 Å². The molecule has 0 saturated heterocycles. The van der Waals surface area contributed by atoms with Gasteiger partial charge in [0.15, 0.2) is 0 Å². The van der Waals surface area contributed by atoms with Crippen LogP contribution in [0, 0.1) is 10.1 Å². The number of hydrogen-bond donors (Lipinski definition) is 3. The molecule has 2 rings (SSSR count). The van der Waals surface area contributed by atoms with Crippen LogP contribution in [-0.4, -0.2) is 26.8 Å². The van der Waals surface area contributed by atoms with Crippen LogP contribution in [0.5, 0.6) is 11.5 Å². The van der Waals surface area contributed by atoms with Gasteiger partial charge in [-0.05, 0) is 37.3 Å². The summed E-state index contributed by atoms with van der Waals surface area (Å²) in [7, 11) is 0. The number of non-ortho nitro benzene ring substituents is 1. The predicted molar refractivity (Wildman–Crippen MR) is 82.5 cm³/mol. The highest BCUT2D eigenvalue weighted by Gasteiger charge is 2.10. The van der Waals surface area contributed by atoms with Gasteiger partial charge in [0.2, 0.25) is 0 Å². The highest BCUT2D eigenvalue weighted by Crippen LogP contribution is 2.22. The first-order valence-electron chi connectivity index (χ1n) is 6.50. The molecular formula is C15H13N3O5. The van der Waals surface area contributed by atoms with E-state index in [0.717, 1.165) is 0 Å². The highest BCUT2D eigenvalue weighted by atomic mass is 16.6. The first-order valence-corrected chi connectivity index (χ1v) is 6.50. The largest absolute Gasteiger partial charge is 0.508 e. The summed E-state index contributed by atoms with van der Waals surface area (Å²) in [5, 5.41) is 33.5. The van der Waals surface area contributed by atoms with Crippen molar-refractivity contribution in [2.24, 2.45) is 5.10 Å². The van der Waals surface area contributed by atoms with Gasteiger partial charge in [0.1, 0.15) is 11.5 Å². The van der Waals surface area contributed by atoms with E-state index in [1.54, 1.807) is 6.92 Å². The summed E-state index contributed by atoms with van der Waals surface area (Å²) in [5.74, 6) is -0.693. The van der Waals surface area contributed by atoms with Crippen molar-refractivity contribution in [3.05, 3.63) is 63.7 Å². The Morgan fingerprint density at radius 1 is 1.17 bits per heavy atom. The lowest BCUT2D eigenvalue weighted by Gasteiger charge is -2.05. The van der Waals surface area contributed by atoms with Gasteiger partial charge in [-0.2, -0.15) is 5.10 Å². The molecule has 3 N–H and O–H groups in total. The Bertz CT molecular complexity index is 784. The van der Waals surface area contributed by atoms with Gasteiger partial charge in [0, 0.05) is 23.3 Å². The number of amides is 1. The molecule has 8 nitrogen and oxygen atoms in total. The van der Waals surface area contributed by atoms with E-state index in [0.29, 0.717) is 0 Å². The molecule has 0 radical (unpaired) electrons. The quantitative estimate of drug-likeness (QED) is 0.345. The van der Waals surface area contributed by atoms with E-state index in [2.05, 4.69) is 10.5 Å². The van der Waals surface area contributed by atoms with Crippen LogP contribution in [0.15, 0.2) is 47.6 Å². The van der Waals surface area contributed by atoms with Crippen LogP contribution in [0.25, 0.3) is 0 Å². The van der Waals surface area contributed by atoms with Crippen molar-refractivity contribution in [2.45, 2.75) is 6.92 Å². The maximum absolute atomic E-state index is 11.9. The molecule has 0 aromatic heterocycles. The van der Waals surface area contributed by atoms with Gasteiger partial charge in [-0.1, -0.05) is 0 Å². The van der Waals surface area contributed by atoms with Crippen molar-refractivity contribution >= 4 is 17.3 Å². The zero-order chi connectivity index (χ0) is 17.0. The van der Waals surface area contributed by atoms with E-state index in [1.807, 2.05) is 0 Å². The Hall–Kier alpha value is -3.42. The molecule has 0 fully saturated rings. The third kappa shape index (κ3) is 3.82. The monoisotopic (exact) mass is 315 g/mol. The van der Waals surface area contributed by atoms with Gasteiger partial charge in [-0.25, -0.2) is 5.43 Å². The second-order valence-corrected chi connectivity index (χ2v) is 4.64. The minimum absolute atomic E-state index is 0.0472. The molecule has 2 aromatic rings. The normalized spacial score (nSPS) is 11.1. The molecule has 0 aliphatic carbocycles. The smallest absolute Gasteiger partial charge is 0.271 e. The second-order valence-electron chi connectivity index (χ2n) is 4.64. The fourth-order valence-corrected chi connectivity index (χ4v) is 1.81. The zero-order valence-electron chi connectivity index (χ0n) is 12.1. The van der Waals surface area contributed by atoms with Gasteiger partial charge in [-0.15, -0.1) is 0 Å². The summed E-state index contributed by atoms with van der Waals surface area (Å²) >= 11 is 0. The van der Waals surface area contributed by atoms with Crippen LogP contribution >= 0.6 is 0 Å². The number of carbonyl (C=O) groups is 1. The Morgan fingerprint density at radius 2 is 1.83 bits per heavy atom. The summed E-state index contributed by atoms with van der Waals surface area (Å²) < 4.78 is 0. The van der Waals surface area contributed by atoms with Crippen molar-refractivity contribution in [3.63, 3.8) is 0 Å². The molecule has 0 unspecified atom stereocenters. The number of rotatable bonds is 4. The first kappa shape index (κ1) is 16.0. The highest BCUT2D eigenvalue weighted by molar-refractivity contribution is 6.02. The number of phenolic OH excluding ortho intramolecular Hbond substituents is 2. The van der Waals surface area contributed by atoms with Crippen molar-refractivity contribution in [2.75, 3.05) is 0 Å². The molecule has 8 heteroatoms. The standard InChI is InChI=1S/C15H13N3O5/c1-9(13-8-12(19)6-7-14(13)20)16-17-15(21)10-2-4-11(5-3-10)18(22)23/h2-8,19-20H,1H3,(H,17,21)/b16-9+. The van der Waals surface area contributed by atoms with Gasteiger partial charge < -0.3 is 10.2 Å². The third-order valence-electron chi connectivity index (χ3n) is 3.04. The molecule has 2 aromatic carbocycles. The topological polar surface area (TPSA) is 125 Å². The maximum atomic E-state index is 11.9. The predicted octanol–water partition coefficient (Wildman–Crippen LogP) is 2.16. The number of benzene rings is 2. The molecular weight excluding hydrogens is 302 g/mol. The molecule has 0 atom stereocenters. The van der Waals surface area contributed by atoms with E-state index in [9.17, 15) is 25.1 Å². The van der Waals surface area contributed by atoms with Crippen LogP contribution < -0.4 is 5.43 Å². The molecule has 0 bridgehead atoms. The minimum Gasteiger partial charge on any atom is -0.508 e. The molecule has 0 heterocycles. The second kappa shape index (κ2) is 6.56. The number of nitrogens with one attached hydrogen (secondary N) is 1. The van der Waals surface area contributed by atoms with Crippen molar-refractivity contribution in [1.82, 2.24) is 5.43 Å². The summed E-state index contributed by atoms with van der Waals surface area (Å²) in [4.78, 5) is 21.9. The minimum atomic E-state index is -0.561. The molecule has 118 valence electrons. The number of carbonyl (C=O) groups excluding carboxylic acids is 1. The van der Waals surface area contributed by atoms with E-state index in [4.69, 9.17) is 0 Å². The number of nitro groups is 1. The number of hydrogen-bond acceptors (Lipinski definition) is 6. The average molecular weight is 315 g/mol. The molecule has 23 heavy (non-hydrogen) atoms. The lowest BCUT2D eigenvalue weighted by molar-refractivity contribution is -0.384. The van der Waals surface area contributed by atoms with Crippen LogP contribution in [0.1, 0.15) is 22.8 Å². The summed E-state index contributed by atoms with van der Waals surface area (Å²) in [5.41, 5.74) is 2.92. The van der Waals surface area contributed by atoms with Crippen LogP contribution in [-0.2, 0) is 0 Å². The Morgan fingerprint density at radius 3 is 2.43 bits per heavy atom. The van der Waals surface area contributed by atoms with Crippen molar-refractivity contribution in [1.29, 1.82) is 0 Å². The van der Waals surface area contributed by atoms with Gasteiger partial charge in [0.25, 0.3) is 11.6 Å². The van der Waals surface area contributed by atoms with Gasteiger partial charge >= 0.3 is 0 Å². The van der Waals surface area contributed by atoms with E-state index >= 15 is 0 Å². The Balaban J connectivity index is 2.13. The fraction of sp³-hybridized carbons (Fsp3) is 0.0667.